The fourth-order valence-electron chi connectivity index (χ4n) is 1.60. The van der Waals surface area contributed by atoms with Gasteiger partial charge in [0.1, 0.15) is 5.75 Å². The van der Waals surface area contributed by atoms with E-state index in [1.807, 2.05) is 30.3 Å². The number of hydrogen-bond acceptors (Lipinski definition) is 4. The number of methoxy groups -OCH3 is 1. The first-order valence-electron chi connectivity index (χ1n) is 6.72. The van der Waals surface area contributed by atoms with E-state index in [9.17, 15) is 4.79 Å². The third-order valence-corrected chi connectivity index (χ3v) is 2.74. The zero-order valence-electron chi connectivity index (χ0n) is 12.3. The lowest BCUT2D eigenvalue weighted by Crippen LogP contribution is -2.05. The third kappa shape index (κ3) is 5.89. The SMILES string of the molecule is CCOC(=O)/C(C)=C/CCOCc1ccc(OC)cc1. The van der Waals surface area contributed by atoms with Crippen molar-refractivity contribution >= 4 is 5.97 Å². The highest BCUT2D eigenvalue weighted by molar-refractivity contribution is 5.87. The van der Waals surface area contributed by atoms with Gasteiger partial charge in [-0.25, -0.2) is 4.79 Å². The maximum Gasteiger partial charge on any atom is 0.333 e. The van der Waals surface area contributed by atoms with Crippen LogP contribution in [0.1, 0.15) is 25.8 Å². The van der Waals surface area contributed by atoms with Gasteiger partial charge in [-0.2, -0.15) is 0 Å². The van der Waals surface area contributed by atoms with Crippen molar-refractivity contribution in [2.75, 3.05) is 20.3 Å². The van der Waals surface area contributed by atoms with Gasteiger partial charge < -0.3 is 14.2 Å². The van der Waals surface area contributed by atoms with Crippen molar-refractivity contribution in [3.63, 3.8) is 0 Å². The first-order valence-corrected chi connectivity index (χ1v) is 6.72. The zero-order valence-corrected chi connectivity index (χ0v) is 12.3. The van der Waals surface area contributed by atoms with E-state index in [4.69, 9.17) is 14.2 Å². The number of benzene rings is 1. The summed E-state index contributed by atoms with van der Waals surface area (Å²) < 4.78 is 15.5. The second-order valence-corrected chi connectivity index (χ2v) is 4.30. The average Bonchev–Trinajstić information content (AvgIpc) is 2.47. The molecule has 0 aliphatic rings. The molecule has 20 heavy (non-hydrogen) atoms. The summed E-state index contributed by atoms with van der Waals surface area (Å²) >= 11 is 0. The molecule has 0 aromatic heterocycles. The van der Waals surface area contributed by atoms with Crippen LogP contribution in [0.3, 0.4) is 0 Å². The van der Waals surface area contributed by atoms with Crippen LogP contribution in [0, 0.1) is 0 Å². The van der Waals surface area contributed by atoms with Crippen molar-refractivity contribution < 1.29 is 19.0 Å². The zero-order chi connectivity index (χ0) is 14.8. The van der Waals surface area contributed by atoms with Crippen molar-refractivity contribution in [3.8, 4) is 5.75 Å². The largest absolute Gasteiger partial charge is 0.497 e. The minimum absolute atomic E-state index is 0.261. The Bertz CT molecular complexity index is 434. The topological polar surface area (TPSA) is 44.8 Å². The van der Waals surface area contributed by atoms with E-state index in [2.05, 4.69) is 0 Å². The van der Waals surface area contributed by atoms with E-state index in [0.717, 1.165) is 11.3 Å². The molecule has 0 aliphatic carbocycles. The smallest absolute Gasteiger partial charge is 0.333 e. The quantitative estimate of drug-likeness (QED) is 0.416. The van der Waals surface area contributed by atoms with E-state index in [-0.39, 0.29) is 5.97 Å². The maximum absolute atomic E-state index is 11.3. The molecule has 0 aliphatic heterocycles. The van der Waals surface area contributed by atoms with Gasteiger partial charge in [-0.1, -0.05) is 18.2 Å². The van der Waals surface area contributed by atoms with Gasteiger partial charge in [-0.05, 0) is 38.0 Å². The molecule has 0 heterocycles. The molecule has 1 rings (SSSR count). The van der Waals surface area contributed by atoms with Crippen LogP contribution in [0.5, 0.6) is 5.75 Å². The van der Waals surface area contributed by atoms with Crippen molar-refractivity contribution in [2.24, 2.45) is 0 Å². The lowest BCUT2D eigenvalue weighted by Gasteiger charge is -2.05. The minimum atomic E-state index is -0.261. The predicted molar refractivity (Wildman–Crippen MR) is 77.7 cm³/mol. The minimum Gasteiger partial charge on any atom is -0.497 e. The van der Waals surface area contributed by atoms with Gasteiger partial charge in [0.15, 0.2) is 0 Å². The molecule has 110 valence electrons. The number of esters is 1. The van der Waals surface area contributed by atoms with Gasteiger partial charge in [0.2, 0.25) is 0 Å². The molecule has 0 saturated carbocycles. The number of rotatable bonds is 8. The molecule has 0 unspecified atom stereocenters. The van der Waals surface area contributed by atoms with Crippen LogP contribution in [0.25, 0.3) is 0 Å². The van der Waals surface area contributed by atoms with Crippen molar-refractivity contribution in [2.45, 2.75) is 26.9 Å². The Labute approximate surface area is 120 Å². The third-order valence-electron chi connectivity index (χ3n) is 2.74. The molecular weight excluding hydrogens is 256 g/mol. The molecule has 4 heteroatoms. The Kier molecular flexibility index (Phi) is 7.43. The van der Waals surface area contributed by atoms with Gasteiger partial charge in [0.05, 0.1) is 26.9 Å². The highest BCUT2D eigenvalue weighted by Crippen LogP contribution is 2.12. The van der Waals surface area contributed by atoms with Gasteiger partial charge in [-0.15, -0.1) is 0 Å². The molecule has 4 nitrogen and oxygen atoms in total. The molecule has 1 aromatic carbocycles. The Morgan fingerprint density at radius 2 is 1.95 bits per heavy atom. The summed E-state index contributed by atoms with van der Waals surface area (Å²) in [6, 6.07) is 7.75. The van der Waals surface area contributed by atoms with Crippen molar-refractivity contribution in [3.05, 3.63) is 41.5 Å². The van der Waals surface area contributed by atoms with Gasteiger partial charge in [0, 0.05) is 5.57 Å². The molecule has 0 fully saturated rings. The van der Waals surface area contributed by atoms with Crippen LogP contribution in [-0.2, 0) is 20.9 Å². The lowest BCUT2D eigenvalue weighted by atomic mass is 10.2. The normalized spacial score (nSPS) is 11.2. The van der Waals surface area contributed by atoms with Crippen LogP contribution >= 0.6 is 0 Å². The first-order chi connectivity index (χ1) is 9.67. The number of carbonyl (C=O) groups excluding carboxylic acids is 1. The first kappa shape index (κ1) is 16.2. The van der Waals surface area contributed by atoms with Gasteiger partial charge in [0.25, 0.3) is 0 Å². The van der Waals surface area contributed by atoms with Gasteiger partial charge >= 0.3 is 5.97 Å². The number of hydrogen-bond donors (Lipinski definition) is 0. The van der Waals surface area contributed by atoms with Crippen LogP contribution < -0.4 is 4.74 Å². The van der Waals surface area contributed by atoms with Crippen LogP contribution in [0.15, 0.2) is 35.9 Å². The van der Waals surface area contributed by atoms with E-state index in [1.54, 1.807) is 21.0 Å². The summed E-state index contributed by atoms with van der Waals surface area (Å²) in [5, 5.41) is 0. The molecule has 0 spiro atoms. The Morgan fingerprint density at radius 3 is 2.55 bits per heavy atom. The van der Waals surface area contributed by atoms with Gasteiger partial charge in [-0.3, -0.25) is 0 Å². The van der Waals surface area contributed by atoms with Crippen LogP contribution in [0.4, 0.5) is 0 Å². The standard InChI is InChI=1S/C16H22O4/c1-4-20-16(17)13(2)6-5-11-19-12-14-7-9-15(18-3)10-8-14/h6-10H,4-5,11-12H2,1-3H3/b13-6+. The average molecular weight is 278 g/mol. The lowest BCUT2D eigenvalue weighted by molar-refractivity contribution is -0.138. The Morgan fingerprint density at radius 1 is 1.25 bits per heavy atom. The highest BCUT2D eigenvalue weighted by atomic mass is 16.5. The summed E-state index contributed by atoms with van der Waals surface area (Å²) in [6.07, 6.45) is 2.53. The van der Waals surface area contributed by atoms with E-state index >= 15 is 0 Å². The monoisotopic (exact) mass is 278 g/mol. The summed E-state index contributed by atoms with van der Waals surface area (Å²) in [6.45, 7) is 5.07. The van der Waals surface area contributed by atoms with E-state index < -0.39 is 0 Å². The molecule has 1 aromatic rings. The maximum atomic E-state index is 11.3. The van der Waals surface area contributed by atoms with E-state index in [0.29, 0.717) is 31.8 Å². The highest BCUT2D eigenvalue weighted by Gasteiger charge is 2.03. The number of ether oxygens (including phenoxy) is 3. The van der Waals surface area contributed by atoms with Crippen LogP contribution in [0.2, 0.25) is 0 Å². The molecular formula is C16H22O4. The summed E-state index contributed by atoms with van der Waals surface area (Å²) in [5.41, 5.74) is 1.72. The van der Waals surface area contributed by atoms with E-state index in [1.165, 1.54) is 0 Å². The second kappa shape index (κ2) is 9.15. The van der Waals surface area contributed by atoms with Crippen molar-refractivity contribution in [1.82, 2.24) is 0 Å². The summed E-state index contributed by atoms with van der Waals surface area (Å²) in [7, 11) is 1.64. The Balaban J connectivity index is 2.24. The molecule has 0 radical (unpaired) electrons. The molecule has 0 N–H and O–H groups in total. The fraction of sp³-hybridized carbons (Fsp3) is 0.438. The molecule has 0 bridgehead atoms. The molecule has 0 amide bonds. The van der Waals surface area contributed by atoms with Crippen LogP contribution in [-0.4, -0.2) is 26.3 Å². The summed E-state index contributed by atoms with van der Waals surface area (Å²) in [4.78, 5) is 11.3. The predicted octanol–water partition coefficient (Wildman–Crippen LogP) is 3.11. The second-order valence-electron chi connectivity index (χ2n) is 4.30. The number of carbonyl (C=O) groups is 1. The molecule has 0 atom stereocenters. The Hall–Kier alpha value is -1.81. The molecule has 0 saturated heterocycles. The fourth-order valence-corrected chi connectivity index (χ4v) is 1.60. The summed E-state index contributed by atoms with van der Waals surface area (Å²) in [5.74, 6) is 0.574. The van der Waals surface area contributed by atoms with Crippen molar-refractivity contribution in [1.29, 1.82) is 0 Å².